The molecule has 0 unspecified atom stereocenters. The minimum Gasteiger partial charge on any atom is -0.166 e. The highest BCUT2D eigenvalue weighted by Crippen LogP contribution is 2.35. The van der Waals surface area contributed by atoms with E-state index in [0.717, 1.165) is 6.07 Å². The maximum absolute atomic E-state index is 12.5. The molecule has 0 aliphatic carbocycles. The van der Waals surface area contributed by atoms with E-state index in [1.165, 1.54) is 6.07 Å². The summed E-state index contributed by atoms with van der Waals surface area (Å²) in [6.45, 7) is 0. The number of halogens is 5. The van der Waals surface area contributed by atoms with Gasteiger partial charge < -0.3 is 0 Å². The molecule has 0 radical (unpaired) electrons. The average Bonchev–Trinajstić information content (AvgIpc) is 2.15. The SMILES string of the molecule is FC(F)(F)c1cc(C=CCBr)ccc1Br. The lowest BCUT2D eigenvalue weighted by Gasteiger charge is -2.09. The van der Waals surface area contributed by atoms with Crippen LogP contribution in [0.15, 0.2) is 28.7 Å². The lowest BCUT2D eigenvalue weighted by atomic mass is 10.1. The molecule has 0 heterocycles. The summed E-state index contributed by atoms with van der Waals surface area (Å²) < 4.78 is 37.5. The maximum atomic E-state index is 12.5. The lowest BCUT2D eigenvalue weighted by molar-refractivity contribution is -0.138. The quantitative estimate of drug-likeness (QED) is 0.671. The minimum atomic E-state index is -4.32. The molecule has 0 N–H and O–H groups in total. The van der Waals surface area contributed by atoms with Gasteiger partial charge in [0.15, 0.2) is 0 Å². The van der Waals surface area contributed by atoms with Crippen molar-refractivity contribution in [1.29, 1.82) is 0 Å². The summed E-state index contributed by atoms with van der Waals surface area (Å²) in [7, 11) is 0. The fourth-order valence-corrected chi connectivity index (χ4v) is 1.70. The predicted octanol–water partition coefficient (Wildman–Crippen LogP) is 4.88. The second kappa shape index (κ2) is 5.16. The molecular formula is C10H7Br2F3. The van der Waals surface area contributed by atoms with Crippen molar-refractivity contribution >= 4 is 37.9 Å². The number of benzene rings is 1. The zero-order chi connectivity index (χ0) is 11.5. The smallest absolute Gasteiger partial charge is 0.166 e. The van der Waals surface area contributed by atoms with E-state index in [9.17, 15) is 13.2 Å². The first-order valence-corrected chi connectivity index (χ1v) is 5.96. The van der Waals surface area contributed by atoms with E-state index < -0.39 is 11.7 Å². The third-order valence-electron chi connectivity index (χ3n) is 1.70. The van der Waals surface area contributed by atoms with Crippen molar-refractivity contribution < 1.29 is 13.2 Å². The molecular weight excluding hydrogens is 337 g/mol. The number of hydrogen-bond donors (Lipinski definition) is 0. The van der Waals surface area contributed by atoms with Gasteiger partial charge in [-0.2, -0.15) is 13.2 Å². The largest absolute Gasteiger partial charge is 0.417 e. The van der Waals surface area contributed by atoms with E-state index in [1.54, 1.807) is 18.2 Å². The van der Waals surface area contributed by atoms with Gasteiger partial charge >= 0.3 is 6.18 Å². The topological polar surface area (TPSA) is 0 Å². The minimum absolute atomic E-state index is 0.0611. The van der Waals surface area contributed by atoms with Crippen LogP contribution in [0.4, 0.5) is 13.2 Å². The van der Waals surface area contributed by atoms with Crippen molar-refractivity contribution in [3.05, 3.63) is 39.9 Å². The van der Waals surface area contributed by atoms with Crippen LogP contribution < -0.4 is 0 Å². The molecule has 15 heavy (non-hydrogen) atoms. The van der Waals surface area contributed by atoms with Crippen LogP contribution in [0.2, 0.25) is 0 Å². The fourth-order valence-electron chi connectivity index (χ4n) is 1.04. The van der Waals surface area contributed by atoms with Gasteiger partial charge in [0.1, 0.15) is 0 Å². The van der Waals surface area contributed by atoms with Crippen molar-refractivity contribution in [2.24, 2.45) is 0 Å². The molecule has 0 aliphatic heterocycles. The maximum Gasteiger partial charge on any atom is 0.417 e. The summed E-state index contributed by atoms with van der Waals surface area (Å²) in [6.07, 6.45) is -0.948. The predicted molar refractivity (Wildman–Crippen MR) is 62.0 cm³/mol. The van der Waals surface area contributed by atoms with Crippen molar-refractivity contribution in [2.75, 3.05) is 5.33 Å². The van der Waals surface area contributed by atoms with Gasteiger partial charge in [0.2, 0.25) is 0 Å². The Morgan fingerprint density at radius 1 is 1.27 bits per heavy atom. The molecule has 5 heteroatoms. The Kier molecular flexibility index (Phi) is 4.40. The van der Waals surface area contributed by atoms with Crippen LogP contribution in [0.25, 0.3) is 6.08 Å². The van der Waals surface area contributed by atoms with Crippen molar-refractivity contribution in [3.8, 4) is 0 Å². The summed E-state index contributed by atoms with van der Waals surface area (Å²) in [5, 5.41) is 0.615. The lowest BCUT2D eigenvalue weighted by Crippen LogP contribution is -2.06. The van der Waals surface area contributed by atoms with Crippen molar-refractivity contribution in [3.63, 3.8) is 0 Å². The van der Waals surface area contributed by atoms with Crippen LogP contribution in [0.5, 0.6) is 0 Å². The first-order chi connectivity index (χ1) is 6.95. The Hall–Kier alpha value is -0.290. The van der Waals surface area contributed by atoms with Gasteiger partial charge in [0.05, 0.1) is 5.56 Å². The standard InChI is InChI=1S/C10H7Br2F3/c11-5-1-2-7-3-4-9(12)8(6-7)10(13,14)15/h1-4,6H,5H2. The van der Waals surface area contributed by atoms with Crippen LogP contribution in [-0.2, 0) is 6.18 Å². The summed E-state index contributed by atoms with van der Waals surface area (Å²) in [5.41, 5.74) is -0.121. The average molecular weight is 344 g/mol. The molecule has 0 amide bonds. The number of alkyl halides is 4. The summed E-state index contributed by atoms with van der Waals surface area (Å²) >= 11 is 6.04. The van der Waals surface area contributed by atoms with E-state index >= 15 is 0 Å². The van der Waals surface area contributed by atoms with Gasteiger partial charge in [-0.15, -0.1) is 0 Å². The Morgan fingerprint density at radius 3 is 2.47 bits per heavy atom. The fraction of sp³-hybridized carbons (Fsp3) is 0.200. The van der Waals surface area contributed by atoms with Crippen molar-refractivity contribution in [2.45, 2.75) is 6.18 Å². The van der Waals surface area contributed by atoms with Crippen LogP contribution in [0.1, 0.15) is 11.1 Å². The molecule has 0 spiro atoms. The molecule has 1 rings (SSSR count). The van der Waals surface area contributed by atoms with E-state index in [2.05, 4.69) is 31.9 Å². The summed E-state index contributed by atoms with van der Waals surface area (Å²) in [6, 6.07) is 4.14. The highest BCUT2D eigenvalue weighted by Gasteiger charge is 2.32. The highest BCUT2D eigenvalue weighted by molar-refractivity contribution is 9.10. The first-order valence-electron chi connectivity index (χ1n) is 4.04. The monoisotopic (exact) mass is 342 g/mol. The van der Waals surface area contributed by atoms with Gasteiger partial charge in [-0.1, -0.05) is 50.1 Å². The first kappa shape index (κ1) is 12.8. The van der Waals surface area contributed by atoms with E-state index in [1.807, 2.05) is 0 Å². The van der Waals surface area contributed by atoms with Crippen LogP contribution in [0.3, 0.4) is 0 Å². The Morgan fingerprint density at radius 2 is 1.93 bits per heavy atom. The van der Waals surface area contributed by atoms with Gasteiger partial charge in [-0.05, 0) is 17.7 Å². The number of hydrogen-bond acceptors (Lipinski definition) is 0. The molecule has 0 fully saturated rings. The Balaban J connectivity index is 3.11. The molecule has 0 atom stereocenters. The summed E-state index contributed by atoms with van der Waals surface area (Å²) in [4.78, 5) is 0. The molecule has 82 valence electrons. The second-order valence-electron chi connectivity index (χ2n) is 2.79. The molecule has 0 saturated carbocycles. The van der Waals surface area contributed by atoms with E-state index in [-0.39, 0.29) is 4.47 Å². The summed E-state index contributed by atoms with van der Waals surface area (Å²) in [5.74, 6) is 0. The molecule has 0 saturated heterocycles. The molecule has 0 aromatic heterocycles. The molecule has 0 nitrogen and oxygen atoms in total. The van der Waals surface area contributed by atoms with E-state index in [4.69, 9.17) is 0 Å². The molecule has 0 aliphatic rings. The zero-order valence-electron chi connectivity index (χ0n) is 7.48. The van der Waals surface area contributed by atoms with Crippen molar-refractivity contribution in [1.82, 2.24) is 0 Å². The number of allylic oxidation sites excluding steroid dienone is 1. The van der Waals surface area contributed by atoms with Gasteiger partial charge in [-0.25, -0.2) is 0 Å². The third kappa shape index (κ3) is 3.65. The second-order valence-corrected chi connectivity index (χ2v) is 4.30. The van der Waals surface area contributed by atoms with Gasteiger partial charge in [0.25, 0.3) is 0 Å². The Labute approximate surface area is 102 Å². The molecule has 0 bridgehead atoms. The van der Waals surface area contributed by atoms with E-state index in [0.29, 0.717) is 10.9 Å². The van der Waals surface area contributed by atoms with Gasteiger partial charge in [0, 0.05) is 9.80 Å². The van der Waals surface area contributed by atoms with Crippen LogP contribution in [-0.4, -0.2) is 5.33 Å². The Bertz CT molecular complexity index is 369. The normalized spacial score (nSPS) is 12.3. The molecule has 1 aromatic carbocycles. The van der Waals surface area contributed by atoms with Gasteiger partial charge in [-0.3, -0.25) is 0 Å². The third-order valence-corrected chi connectivity index (χ3v) is 2.76. The number of rotatable bonds is 2. The van der Waals surface area contributed by atoms with Crippen LogP contribution >= 0.6 is 31.9 Å². The highest BCUT2D eigenvalue weighted by atomic mass is 79.9. The molecule has 1 aromatic rings. The zero-order valence-corrected chi connectivity index (χ0v) is 10.7. The van der Waals surface area contributed by atoms with Crippen LogP contribution in [0, 0.1) is 0 Å².